The van der Waals surface area contributed by atoms with E-state index in [2.05, 4.69) is 4.98 Å². The van der Waals surface area contributed by atoms with Gasteiger partial charge in [0.1, 0.15) is 5.75 Å². The SMILES string of the molecule is COc1ccc(C(=O)C[C@H](CC(=O)c2nccn2C)c2ccccc2)cc1. The van der Waals surface area contributed by atoms with Gasteiger partial charge in [-0.05, 0) is 35.7 Å². The van der Waals surface area contributed by atoms with E-state index < -0.39 is 0 Å². The van der Waals surface area contributed by atoms with Gasteiger partial charge in [0.2, 0.25) is 0 Å². The lowest BCUT2D eigenvalue weighted by molar-refractivity contribution is 0.0937. The van der Waals surface area contributed by atoms with Crippen molar-refractivity contribution in [2.75, 3.05) is 7.11 Å². The minimum absolute atomic E-state index is 0.000790. The van der Waals surface area contributed by atoms with Crippen molar-refractivity contribution in [2.24, 2.45) is 7.05 Å². The van der Waals surface area contributed by atoms with Crippen molar-refractivity contribution < 1.29 is 14.3 Å². The molecule has 138 valence electrons. The zero-order chi connectivity index (χ0) is 19.2. The van der Waals surface area contributed by atoms with Gasteiger partial charge in [-0.15, -0.1) is 0 Å². The number of hydrogen-bond acceptors (Lipinski definition) is 4. The van der Waals surface area contributed by atoms with Crippen LogP contribution < -0.4 is 4.74 Å². The lowest BCUT2D eigenvalue weighted by Crippen LogP contribution is -2.15. The monoisotopic (exact) mass is 362 g/mol. The first-order chi connectivity index (χ1) is 13.1. The summed E-state index contributed by atoms with van der Waals surface area (Å²) in [5, 5.41) is 0. The summed E-state index contributed by atoms with van der Waals surface area (Å²) in [5.41, 5.74) is 1.59. The van der Waals surface area contributed by atoms with E-state index in [9.17, 15) is 9.59 Å². The Kier molecular flexibility index (Phi) is 5.81. The molecule has 2 aromatic carbocycles. The molecule has 0 unspecified atom stereocenters. The molecule has 27 heavy (non-hydrogen) atoms. The molecule has 3 aromatic rings. The highest BCUT2D eigenvalue weighted by atomic mass is 16.5. The van der Waals surface area contributed by atoms with Crippen LogP contribution in [0.5, 0.6) is 5.75 Å². The number of ether oxygens (including phenoxy) is 1. The predicted molar refractivity (Wildman–Crippen MR) is 103 cm³/mol. The Morgan fingerprint density at radius 2 is 1.67 bits per heavy atom. The lowest BCUT2D eigenvalue weighted by Gasteiger charge is -2.16. The van der Waals surface area contributed by atoms with Crippen LogP contribution in [0.3, 0.4) is 0 Å². The minimum Gasteiger partial charge on any atom is -0.497 e. The molecule has 3 rings (SSSR count). The largest absolute Gasteiger partial charge is 0.497 e. The average Bonchev–Trinajstić information content (AvgIpc) is 3.14. The van der Waals surface area contributed by atoms with E-state index in [4.69, 9.17) is 4.74 Å². The number of carbonyl (C=O) groups is 2. The van der Waals surface area contributed by atoms with E-state index in [1.54, 1.807) is 55.4 Å². The maximum Gasteiger partial charge on any atom is 0.198 e. The number of rotatable bonds is 8. The second-order valence-electron chi connectivity index (χ2n) is 6.45. The zero-order valence-corrected chi connectivity index (χ0v) is 15.5. The highest BCUT2D eigenvalue weighted by Crippen LogP contribution is 2.27. The summed E-state index contributed by atoms with van der Waals surface area (Å²) < 4.78 is 6.84. The minimum atomic E-state index is -0.204. The quantitative estimate of drug-likeness (QED) is 0.567. The van der Waals surface area contributed by atoms with Gasteiger partial charge in [0.05, 0.1) is 7.11 Å². The molecule has 5 heteroatoms. The Labute approximate surface area is 158 Å². The van der Waals surface area contributed by atoms with Crippen molar-refractivity contribution in [3.8, 4) is 5.75 Å². The van der Waals surface area contributed by atoms with Crippen molar-refractivity contribution in [1.29, 1.82) is 0 Å². The van der Waals surface area contributed by atoms with Crippen LogP contribution in [0.1, 0.15) is 45.3 Å². The third-order valence-electron chi connectivity index (χ3n) is 4.62. The molecule has 0 bridgehead atoms. The number of carbonyl (C=O) groups excluding carboxylic acids is 2. The standard InChI is InChI=1S/C22H22N2O3/c1-24-13-12-23-22(24)21(26)15-18(16-6-4-3-5-7-16)14-20(25)17-8-10-19(27-2)11-9-17/h3-13,18H,14-15H2,1-2H3/t18-/m1/s1. The number of ketones is 2. The number of nitrogens with zero attached hydrogens (tertiary/aromatic N) is 2. The summed E-state index contributed by atoms with van der Waals surface area (Å²) in [5.74, 6) is 0.840. The lowest BCUT2D eigenvalue weighted by atomic mass is 9.87. The molecular formula is C22H22N2O3. The van der Waals surface area contributed by atoms with Crippen molar-refractivity contribution >= 4 is 11.6 Å². The van der Waals surface area contributed by atoms with E-state index in [-0.39, 0.29) is 30.3 Å². The first-order valence-corrected chi connectivity index (χ1v) is 8.81. The third-order valence-corrected chi connectivity index (χ3v) is 4.62. The van der Waals surface area contributed by atoms with E-state index >= 15 is 0 Å². The molecule has 5 nitrogen and oxygen atoms in total. The van der Waals surface area contributed by atoms with Crippen LogP contribution in [0.2, 0.25) is 0 Å². The molecule has 0 spiro atoms. The van der Waals surface area contributed by atoms with Crippen LogP contribution in [0.15, 0.2) is 67.0 Å². The molecule has 0 fully saturated rings. The molecule has 1 aromatic heterocycles. The number of hydrogen-bond donors (Lipinski definition) is 0. The van der Waals surface area contributed by atoms with Crippen LogP contribution in [-0.4, -0.2) is 28.2 Å². The fraction of sp³-hybridized carbons (Fsp3) is 0.227. The number of methoxy groups -OCH3 is 1. The maximum absolute atomic E-state index is 12.8. The third kappa shape index (κ3) is 4.50. The Hall–Kier alpha value is -3.21. The van der Waals surface area contributed by atoms with E-state index in [1.165, 1.54) is 0 Å². The molecule has 1 heterocycles. The molecular weight excluding hydrogens is 340 g/mol. The Morgan fingerprint density at radius 3 is 2.26 bits per heavy atom. The number of benzene rings is 2. The highest BCUT2D eigenvalue weighted by Gasteiger charge is 2.23. The first-order valence-electron chi connectivity index (χ1n) is 8.81. The summed E-state index contributed by atoms with van der Waals surface area (Å²) in [6.45, 7) is 0. The van der Waals surface area contributed by atoms with Crippen molar-refractivity contribution in [2.45, 2.75) is 18.8 Å². The fourth-order valence-electron chi connectivity index (χ4n) is 3.10. The maximum atomic E-state index is 12.8. The van der Waals surface area contributed by atoms with Gasteiger partial charge in [-0.25, -0.2) is 4.98 Å². The van der Waals surface area contributed by atoms with Crippen LogP contribution >= 0.6 is 0 Å². The van der Waals surface area contributed by atoms with Crippen LogP contribution in [0.25, 0.3) is 0 Å². The van der Waals surface area contributed by atoms with Gasteiger partial charge >= 0.3 is 0 Å². The van der Waals surface area contributed by atoms with E-state index in [0.717, 1.165) is 5.56 Å². The number of imidazole rings is 1. The Bertz CT molecular complexity index is 914. The molecule has 0 aliphatic carbocycles. The molecule has 0 aliphatic heterocycles. The van der Waals surface area contributed by atoms with Gasteiger partial charge in [0.25, 0.3) is 0 Å². The summed E-state index contributed by atoms with van der Waals surface area (Å²) >= 11 is 0. The summed E-state index contributed by atoms with van der Waals surface area (Å²) in [7, 11) is 3.38. The molecule has 1 atom stereocenters. The fourth-order valence-corrected chi connectivity index (χ4v) is 3.10. The second kappa shape index (κ2) is 8.45. The molecule has 0 amide bonds. The van der Waals surface area contributed by atoms with Gasteiger partial charge in [0.15, 0.2) is 17.4 Å². The number of aromatic nitrogens is 2. The van der Waals surface area contributed by atoms with Gasteiger partial charge in [-0.1, -0.05) is 30.3 Å². The number of Topliss-reactive ketones (excluding diaryl/α,β-unsaturated/α-hetero) is 2. The summed E-state index contributed by atoms with van der Waals surface area (Å²) in [4.78, 5) is 29.6. The molecule has 0 radical (unpaired) electrons. The van der Waals surface area contributed by atoms with Crippen molar-refractivity contribution in [3.05, 3.63) is 83.9 Å². The average molecular weight is 362 g/mol. The van der Waals surface area contributed by atoms with Gasteiger partial charge in [-0.2, -0.15) is 0 Å². The smallest absolute Gasteiger partial charge is 0.198 e. The second-order valence-corrected chi connectivity index (χ2v) is 6.45. The summed E-state index contributed by atoms with van der Waals surface area (Å²) in [6, 6.07) is 16.7. The first kappa shape index (κ1) is 18.6. The Morgan fingerprint density at radius 1 is 1.00 bits per heavy atom. The van der Waals surface area contributed by atoms with Crippen molar-refractivity contribution in [1.82, 2.24) is 9.55 Å². The van der Waals surface area contributed by atoms with Gasteiger partial charge in [-0.3, -0.25) is 9.59 Å². The normalized spacial score (nSPS) is 11.8. The van der Waals surface area contributed by atoms with Crippen LogP contribution in [0.4, 0.5) is 0 Å². The predicted octanol–water partition coefficient (Wildman–Crippen LogP) is 4.06. The molecule has 0 N–H and O–H groups in total. The van der Waals surface area contributed by atoms with E-state index in [1.807, 2.05) is 30.3 Å². The Balaban J connectivity index is 1.80. The topological polar surface area (TPSA) is 61.2 Å². The zero-order valence-electron chi connectivity index (χ0n) is 15.5. The molecule has 0 saturated carbocycles. The molecule has 0 aliphatic rings. The van der Waals surface area contributed by atoms with Gasteiger partial charge in [0, 0.05) is 37.8 Å². The highest BCUT2D eigenvalue weighted by molar-refractivity contribution is 5.98. The molecule has 0 saturated heterocycles. The number of aryl methyl sites for hydroxylation is 1. The summed E-state index contributed by atoms with van der Waals surface area (Å²) in [6.07, 6.45) is 3.84. The van der Waals surface area contributed by atoms with Crippen LogP contribution in [-0.2, 0) is 7.05 Å². The van der Waals surface area contributed by atoms with Gasteiger partial charge < -0.3 is 9.30 Å². The van der Waals surface area contributed by atoms with E-state index in [0.29, 0.717) is 17.1 Å². The van der Waals surface area contributed by atoms with Crippen molar-refractivity contribution in [3.63, 3.8) is 0 Å². The van der Waals surface area contributed by atoms with Crippen LogP contribution in [0, 0.1) is 0 Å².